The number of ether oxygens (including phenoxy) is 2. The summed E-state index contributed by atoms with van der Waals surface area (Å²) in [6.07, 6.45) is -7.54. The monoisotopic (exact) mass is 278 g/mol. The number of hydrogen-bond acceptors (Lipinski definition) is 8. The summed E-state index contributed by atoms with van der Waals surface area (Å²) in [6, 6.07) is 0. The number of hydrogen-bond donors (Lipinski definition) is 4. The average molecular weight is 278 g/mol. The van der Waals surface area contributed by atoms with Crippen molar-refractivity contribution in [3.63, 3.8) is 0 Å². The van der Waals surface area contributed by atoms with Gasteiger partial charge in [0.05, 0.1) is 13.0 Å². The van der Waals surface area contributed by atoms with Crippen molar-refractivity contribution < 1.29 is 39.5 Å². The summed E-state index contributed by atoms with van der Waals surface area (Å²) >= 11 is 0. The van der Waals surface area contributed by atoms with Crippen molar-refractivity contribution in [1.82, 2.24) is 0 Å². The fraction of sp³-hybridized carbons (Fsp3) is 0.818. The fourth-order valence-corrected chi connectivity index (χ4v) is 1.69. The highest BCUT2D eigenvalue weighted by Gasteiger charge is 2.45. The van der Waals surface area contributed by atoms with Crippen LogP contribution in [0.15, 0.2) is 0 Å². The predicted molar refractivity (Wildman–Crippen MR) is 59.8 cm³/mol. The van der Waals surface area contributed by atoms with E-state index in [2.05, 4.69) is 0 Å². The average Bonchev–Trinajstić information content (AvgIpc) is 2.36. The lowest BCUT2D eigenvalue weighted by Gasteiger charge is -2.39. The van der Waals surface area contributed by atoms with E-state index in [0.29, 0.717) is 0 Å². The van der Waals surface area contributed by atoms with Crippen molar-refractivity contribution in [2.24, 2.45) is 0 Å². The minimum Gasteiger partial charge on any atom is -0.454 e. The standard InChI is InChI=1S/C11H18O8/c1-5(13)2-3-7(14)19-10-9(16)8(15)6(4-12)18-11(10)17/h6,8-12,15-17H,2-4H2,1H3/t6-,8-,9+,10-,11+/m1/s1. The van der Waals surface area contributed by atoms with E-state index in [0.717, 1.165) is 0 Å². The number of carbonyl (C=O) groups is 2. The Balaban J connectivity index is 2.57. The number of Topliss-reactive ketones (excluding diaryl/α,β-unsaturated/α-hetero) is 1. The van der Waals surface area contributed by atoms with Crippen LogP contribution < -0.4 is 0 Å². The van der Waals surface area contributed by atoms with Gasteiger partial charge in [-0.2, -0.15) is 0 Å². The van der Waals surface area contributed by atoms with E-state index in [1.807, 2.05) is 0 Å². The van der Waals surface area contributed by atoms with Gasteiger partial charge in [-0.3, -0.25) is 4.79 Å². The molecule has 1 saturated heterocycles. The third-order valence-electron chi connectivity index (χ3n) is 2.79. The molecule has 19 heavy (non-hydrogen) atoms. The molecule has 0 spiro atoms. The van der Waals surface area contributed by atoms with E-state index in [1.165, 1.54) is 6.92 Å². The number of ketones is 1. The molecule has 1 heterocycles. The first-order chi connectivity index (χ1) is 8.86. The van der Waals surface area contributed by atoms with E-state index < -0.39 is 43.3 Å². The van der Waals surface area contributed by atoms with E-state index in [1.54, 1.807) is 0 Å². The molecule has 5 atom stereocenters. The number of esters is 1. The molecular formula is C11H18O8. The Morgan fingerprint density at radius 2 is 1.79 bits per heavy atom. The van der Waals surface area contributed by atoms with Crippen LogP contribution in [0.1, 0.15) is 19.8 Å². The van der Waals surface area contributed by atoms with E-state index in [4.69, 9.17) is 14.6 Å². The van der Waals surface area contributed by atoms with E-state index >= 15 is 0 Å². The predicted octanol–water partition coefficient (Wildman–Crippen LogP) is -2.30. The van der Waals surface area contributed by atoms with Crippen LogP contribution in [0, 0.1) is 0 Å². The van der Waals surface area contributed by atoms with Gasteiger partial charge < -0.3 is 34.7 Å². The minimum atomic E-state index is -1.66. The summed E-state index contributed by atoms with van der Waals surface area (Å²) in [5, 5.41) is 37.6. The molecule has 8 nitrogen and oxygen atoms in total. The first-order valence-electron chi connectivity index (χ1n) is 5.86. The molecule has 8 heteroatoms. The van der Waals surface area contributed by atoms with Gasteiger partial charge in [-0.05, 0) is 6.92 Å². The van der Waals surface area contributed by atoms with Crippen LogP contribution in [0.2, 0.25) is 0 Å². The highest BCUT2D eigenvalue weighted by Crippen LogP contribution is 2.22. The lowest BCUT2D eigenvalue weighted by atomic mass is 9.99. The minimum absolute atomic E-state index is 0.0135. The second-order valence-corrected chi connectivity index (χ2v) is 4.39. The van der Waals surface area contributed by atoms with Crippen LogP contribution in [0.3, 0.4) is 0 Å². The van der Waals surface area contributed by atoms with Crippen molar-refractivity contribution in [3.8, 4) is 0 Å². The normalized spacial score (nSPS) is 34.9. The fourth-order valence-electron chi connectivity index (χ4n) is 1.69. The van der Waals surface area contributed by atoms with Crippen LogP contribution in [0.4, 0.5) is 0 Å². The Morgan fingerprint density at radius 1 is 1.16 bits per heavy atom. The van der Waals surface area contributed by atoms with Gasteiger partial charge in [0, 0.05) is 6.42 Å². The Labute approximate surface area is 109 Å². The van der Waals surface area contributed by atoms with Gasteiger partial charge >= 0.3 is 5.97 Å². The molecular weight excluding hydrogens is 260 g/mol. The molecule has 0 saturated carbocycles. The molecule has 0 aromatic carbocycles. The summed E-state index contributed by atoms with van der Waals surface area (Å²) in [7, 11) is 0. The second-order valence-electron chi connectivity index (χ2n) is 4.39. The highest BCUT2D eigenvalue weighted by molar-refractivity contribution is 5.81. The van der Waals surface area contributed by atoms with Gasteiger partial charge in [-0.25, -0.2) is 0 Å². The van der Waals surface area contributed by atoms with Gasteiger partial charge in [0.1, 0.15) is 24.1 Å². The molecule has 0 amide bonds. The summed E-state index contributed by atoms with van der Waals surface area (Å²) in [6.45, 7) is 0.719. The molecule has 1 aliphatic rings. The maximum absolute atomic E-state index is 11.4. The van der Waals surface area contributed by atoms with Crippen LogP contribution >= 0.6 is 0 Å². The van der Waals surface area contributed by atoms with E-state index in [-0.39, 0.29) is 18.6 Å². The molecule has 0 unspecified atom stereocenters. The van der Waals surface area contributed by atoms with Crippen molar-refractivity contribution in [3.05, 3.63) is 0 Å². The summed E-state index contributed by atoms with van der Waals surface area (Å²) in [4.78, 5) is 22.1. The Hall–Kier alpha value is -1.06. The van der Waals surface area contributed by atoms with Gasteiger partial charge in [0.25, 0.3) is 0 Å². The number of carbonyl (C=O) groups excluding carboxylic acids is 2. The second kappa shape index (κ2) is 6.92. The van der Waals surface area contributed by atoms with Crippen molar-refractivity contribution in [2.45, 2.75) is 50.5 Å². The molecule has 0 aliphatic carbocycles. The van der Waals surface area contributed by atoms with Gasteiger partial charge in [0.2, 0.25) is 0 Å². The molecule has 4 N–H and O–H groups in total. The van der Waals surface area contributed by atoms with E-state index in [9.17, 15) is 24.9 Å². The zero-order valence-electron chi connectivity index (χ0n) is 10.4. The maximum Gasteiger partial charge on any atom is 0.306 e. The van der Waals surface area contributed by atoms with Crippen molar-refractivity contribution >= 4 is 11.8 Å². The number of rotatable bonds is 5. The molecule has 1 fully saturated rings. The van der Waals surface area contributed by atoms with Crippen LogP contribution in [0.5, 0.6) is 0 Å². The third kappa shape index (κ3) is 4.22. The summed E-state index contributed by atoms with van der Waals surface area (Å²) < 4.78 is 9.58. The molecule has 0 bridgehead atoms. The Kier molecular flexibility index (Phi) is 5.83. The first-order valence-corrected chi connectivity index (χ1v) is 5.86. The summed E-state index contributed by atoms with van der Waals surface area (Å²) in [5.74, 6) is -0.991. The lowest BCUT2D eigenvalue weighted by Crippen LogP contribution is -2.59. The summed E-state index contributed by atoms with van der Waals surface area (Å²) in [5.41, 5.74) is 0. The van der Waals surface area contributed by atoms with Crippen molar-refractivity contribution in [1.29, 1.82) is 0 Å². The zero-order valence-corrected chi connectivity index (χ0v) is 10.4. The largest absolute Gasteiger partial charge is 0.454 e. The molecule has 0 aromatic heterocycles. The van der Waals surface area contributed by atoms with Gasteiger partial charge in [-0.15, -0.1) is 0 Å². The SMILES string of the molecule is CC(=O)CCC(=O)O[C@@H]1[C@@H](O)[C@H](O)[C@@H](CO)O[C@@H]1O. The Morgan fingerprint density at radius 3 is 2.32 bits per heavy atom. The Bertz CT molecular complexity index is 331. The third-order valence-corrected chi connectivity index (χ3v) is 2.79. The number of aliphatic hydroxyl groups excluding tert-OH is 4. The molecule has 110 valence electrons. The zero-order chi connectivity index (χ0) is 14.6. The molecule has 1 rings (SSSR count). The number of aliphatic hydroxyl groups is 4. The smallest absolute Gasteiger partial charge is 0.306 e. The molecule has 1 aliphatic heterocycles. The first kappa shape index (κ1) is 16.0. The molecule has 0 radical (unpaired) electrons. The highest BCUT2D eigenvalue weighted by atomic mass is 16.7. The lowest BCUT2D eigenvalue weighted by molar-refractivity contribution is -0.290. The van der Waals surface area contributed by atoms with Crippen LogP contribution in [0.25, 0.3) is 0 Å². The van der Waals surface area contributed by atoms with Crippen molar-refractivity contribution in [2.75, 3.05) is 6.61 Å². The molecule has 0 aromatic rings. The quantitative estimate of drug-likeness (QED) is 0.412. The maximum atomic E-state index is 11.4. The van der Waals surface area contributed by atoms with Gasteiger partial charge in [0.15, 0.2) is 12.4 Å². The topological polar surface area (TPSA) is 134 Å². The van der Waals surface area contributed by atoms with Crippen LogP contribution in [-0.4, -0.2) is 69.5 Å². The van der Waals surface area contributed by atoms with Gasteiger partial charge in [-0.1, -0.05) is 0 Å². The van der Waals surface area contributed by atoms with Crippen LogP contribution in [-0.2, 0) is 19.1 Å².